The maximum atomic E-state index is 13.7. The largest absolute Gasteiger partial charge is 0.361 e. The fourth-order valence-corrected chi connectivity index (χ4v) is 4.68. The highest BCUT2D eigenvalue weighted by Crippen LogP contribution is 2.20. The fourth-order valence-electron chi connectivity index (χ4n) is 4.68. The first kappa shape index (κ1) is 28.0. The molecular formula is C33H40N4O2. The number of nitrogens with one attached hydrogen (secondary N) is 2. The Labute approximate surface area is 232 Å². The van der Waals surface area contributed by atoms with E-state index < -0.39 is 0 Å². The molecular weight excluding hydrogens is 484 g/mol. The molecule has 0 spiro atoms. The molecule has 0 radical (unpaired) electrons. The summed E-state index contributed by atoms with van der Waals surface area (Å²) in [5.74, 6) is 0.345. The summed E-state index contributed by atoms with van der Waals surface area (Å²) in [6.07, 6.45) is 2.75. The van der Waals surface area contributed by atoms with Crippen LogP contribution in [-0.4, -0.2) is 45.9 Å². The second-order valence-corrected chi connectivity index (χ2v) is 10.8. The predicted octanol–water partition coefficient (Wildman–Crippen LogP) is 7.11. The van der Waals surface area contributed by atoms with E-state index in [0.29, 0.717) is 19.0 Å². The molecule has 0 bridgehead atoms. The highest BCUT2D eigenvalue weighted by molar-refractivity contribution is 5.92. The summed E-state index contributed by atoms with van der Waals surface area (Å²) in [7, 11) is 0. The lowest BCUT2D eigenvalue weighted by Gasteiger charge is -2.30. The number of hydrogen-bond acceptors (Lipinski definition) is 2. The quantitative estimate of drug-likeness (QED) is 0.232. The zero-order valence-electron chi connectivity index (χ0n) is 23.7. The molecule has 1 heterocycles. The minimum Gasteiger partial charge on any atom is -0.361 e. The van der Waals surface area contributed by atoms with Gasteiger partial charge in [-0.05, 0) is 68.0 Å². The molecule has 6 heteroatoms. The monoisotopic (exact) mass is 524 g/mol. The highest BCUT2D eigenvalue weighted by Gasteiger charge is 2.24. The minimum absolute atomic E-state index is 0.00727. The number of rotatable bonds is 10. The molecule has 3 aromatic carbocycles. The van der Waals surface area contributed by atoms with Crippen molar-refractivity contribution in [2.45, 2.75) is 59.5 Å². The van der Waals surface area contributed by atoms with Crippen LogP contribution in [0.3, 0.4) is 0 Å². The second kappa shape index (κ2) is 12.7. The third kappa shape index (κ3) is 7.29. The van der Waals surface area contributed by atoms with Crippen molar-refractivity contribution in [3.63, 3.8) is 0 Å². The van der Waals surface area contributed by atoms with Crippen LogP contribution in [-0.2, 0) is 17.8 Å². The van der Waals surface area contributed by atoms with Gasteiger partial charge in [0.2, 0.25) is 5.91 Å². The van der Waals surface area contributed by atoms with E-state index in [-0.39, 0.29) is 24.5 Å². The first-order valence-corrected chi connectivity index (χ1v) is 13.8. The molecule has 0 aliphatic rings. The van der Waals surface area contributed by atoms with Crippen LogP contribution in [0.5, 0.6) is 0 Å². The smallest absolute Gasteiger partial charge is 0.322 e. The van der Waals surface area contributed by atoms with E-state index >= 15 is 0 Å². The summed E-state index contributed by atoms with van der Waals surface area (Å²) in [5.41, 5.74) is 6.45. The second-order valence-electron chi connectivity index (χ2n) is 10.8. The van der Waals surface area contributed by atoms with Crippen LogP contribution in [0.2, 0.25) is 0 Å². The number of carbonyl (C=O) groups is 2. The number of aromatic nitrogens is 1. The number of amides is 3. The molecule has 0 aliphatic carbocycles. The fraction of sp³-hybridized carbons (Fsp3) is 0.333. The summed E-state index contributed by atoms with van der Waals surface area (Å²) >= 11 is 0. The first-order chi connectivity index (χ1) is 18.7. The van der Waals surface area contributed by atoms with Gasteiger partial charge in [0.25, 0.3) is 0 Å². The lowest BCUT2D eigenvalue weighted by Crippen LogP contribution is -2.47. The maximum Gasteiger partial charge on any atom is 0.322 e. The van der Waals surface area contributed by atoms with E-state index in [1.165, 1.54) is 22.1 Å². The first-order valence-electron chi connectivity index (χ1n) is 13.8. The molecule has 4 aromatic rings. The normalized spacial score (nSPS) is 11.3. The summed E-state index contributed by atoms with van der Waals surface area (Å²) in [6, 6.07) is 23.9. The Kier molecular flexibility index (Phi) is 9.07. The van der Waals surface area contributed by atoms with Crippen molar-refractivity contribution < 1.29 is 9.59 Å². The van der Waals surface area contributed by atoms with Crippen molar-refractivity contribution in [2.75, 3.05) is 18.4 Å². The van der Waals surface area contributed by atoms with Crippen LogP contribution in [0.4, 0.5) is 10.5 Å². The van der Waals surface area contributed by atoms with Gasteiger partial charge < -0.3 is 20.1 Å². The molecule has 4 rings (SSSR count). The Balaban J connectivity index is 1.49. The molecule has 204 valence electrons. The molecule has 0 aliphatic heterocycles. The van der Waals surface area contributed by atoms with Gasteiger partial charge in [-0.15, -0.1) is 0 Å². The van der Waals surface area contributed by atoms with Gasteiger partial charge in [-0.2, -0.15) is 0 Å². The number of fused-ring (bicyclic) bond motifs is 1. The lowest BCUT2D eigenvalue weighted by molar-refractivity contribution is -0.132. The number of carbonyl (C=O) groups excluding carboxylic acids is 2. The number of aryl methyl sites for hydroxylation is 1. The van der Waals surface area contributed by atoms with Crippen molar-refractivity contribution in [3.8, 4) is 0 Å². The number of aromatic amines is 1. The Morgan fingerprint density at radius 1 is 0.897 bits per heavy atom. The maximum absolute atomic E-state index is 13.7. The number of nitrogens with zero attached hydrogens (tertiary/aromatic N) is 2. The Bertz CT molecular complexity index is 1390. The van der Waals surface area contributed by atoms with Gasteiger partial charge in [-0.3, -0.25) is 4.79 Å². The Morgan fingerprint density at radius 2 is 1.59 bits per heavy atom. The molecule has 3 amide bonds. The van der Waals surface area contributed by atoms with Gasteiger partial charge >= 0.3 is 6.03 Å². The van der Waals surface area contributed by atoms with Gasteiger partial charge in [-0.25, -0.2) is 4.79 Å². The predicted molar refractivity (Wildman–Crippen MR) is 160 cm³/mol. The van der Waals surface area contributed by atoms with Gasteiger partial charge in [0.05, 0.1) is 0 Å². The van der Waals surface area contributed by atoms with Gasteiger partial charge in [0.15, 0.2) is 0 Å². The number of H-pyrrole nitrogens is 1. The van der Waals surface area contributed by atoms with E-state index in [2.05, 4.69) is 67.5 Å². The molecule has 1 aromatic heterocycles. The van der Waals surface area contributed by atoms with Crippen LogP contribution in [0.25, 0.3) is 10.9 Å². The molecule has 2 N–H and O–H groups in total. The average molecular weight is 525 g/mol. The topological polar surface area (TPSA) is 68.4 Å². The molecule has 6 nitrogen and oxygen atoms in total. The van der Waals surface area contributed by atoms with E-state index in [1.54, 1.807) is 4.90 Å². The highest BCUT2D eigenvalue weighted by atomic mass is 16.2. The minimum atomic E-state index is -0.275. The Morgan fingerprint density at radius 3 is 2.26 bits per heavy atom. The number of urea groups is 1. The van der Waals surface area contributed by atoms with Gasteiger partial charge in [-0.1, -0.05) is 74.0 Å². The lowest BCUT2D eigenvalue weighted by atomic mass is 10.0. The van der Waals surface area contributed by atoms with E-state index in [4.69, 9.17) is 0 Å². The molecule has 0 atom stereocenters. The van der Waals surface area contributed by atoms with Crippen molar-refractivity contribution >= 4 is 28.5 Å². The zero-order valence-corrected chi connectivity index (χ0v) is 23.7. The third-order valence-electron chi connectivity index (χ3n) is 7.19. The molecule has 0 unspecified atom stereocenters. The van der Waals surface area contributed by atoms with Crippen molar-refractivity contribution in [1.82, 2.24) is 14.8 Å². The SMILES string of the molecule is Cc1ccc(CN(CCc2c[nH]c3ccccc23)C(=O)CN(C(=O)Nc2ccc(C(C)C)cc2)C(C)C)cc1. The number of anilines is 1. The van der Waals surface area contributed by atoms with Gasteiger partial charge in [0.1, 0.15) is 6.54 Å². The number of hydrogen-bond donors (Lipinski definition) is 2. The van der Waals surface area contributed by atoms with Crippen LogP contribution in [0, 0.1) is 6.92 Å². The zero-order chi connectivity index (χ0) is 27.9. The standard InChI is InChI=1S/C33H40N4O2/c1-23(2)27-14-16-29(17-15-27)35-33(39)37(24(3)4)22-32(38)36(21-26-12-10-25(5)11-13-26)19-18-28-20-34-31-9-7-6-8-30(28)31/h6-17,20,23-24,34H,18-19,21-22H2,1-5H3,(H,35,39). The van der Waals surface area contributed by atoms with E-state index in [0.717, 1.165) is 23.2 Å². The summed E-state index contributed by atoms with van der Waals surface area (Å²) in [6.45, 7) is 11.3. The average Bonchev–Trinajstić information content (AvgIpc) is 3.33. The summed E-state index contributed by atoms with van der Waals surface area (Å²) in [4.78, 5) is 33.8. The van der Waals surface area contributed by atoms with Crippen LogP contribution < -0.4 is 5.32 Å². The molecule has 0 saturated heterocycles. The third-order valence-corrected chi connectivity index (χ3v) is 7.19. The van der Waals surface area contributed by atoms with Crippen molar-refractivity contribution in [3.05, 3.63) is 101 Å². The summed E-state index contributed by atoms with van der Waals surface area (Å²) in [5, 5.41) is 4.15. The number of para-hydroxylation sites is 1. The van der Waals surface area contributed by atoms with E-state index in [1.807, 2.05) is 61.3 Å². The van der Waals surface area contributed by atoms with Crippen molar-refractivity contribution in [1.29, 1.82) is 0 Å². The van der Waals surface area contributed by atoms with Gasteiger partial charge in [0, 0.05) is 41.9 Å². The summed E-state index contributed by atoms with van der Waals surface area (Å²) < 4.78 is 0. The number of benzene rings is 3. The van der Waals surface area contributed by atoms with E-state index in [9.17, 15) is 9.59 Å². The molecule has 0 fully saturated rings. The van der Waals surface area contributed by atoms with Crippen LogP contribution >= 0.6 is 0 Å². The molecule has 0 saturated carbocycles. The van der Waals surface area contributed by atoms with Crippen LogP contribution in [0.1, 0.15) is 55.9 Å². The Hall–Kier alpha value is -4.06. The van der Waals surface area contributed by atoms with Crippen molar-refractivity contribution in [2.24, 2.45) is 0 Å². The van der Waals surface area contributed by atoms with Crippen LogP contribution in [0.15, 0.2) is 79.0 Å². The molecule has 39 heavy (non-hydrogen) atoms.